The largest absolute Gasteiger partial charge is 0.319 e. The molecule has 0 aliphatic carbocycles. The van der Waals surface area contributed by atoms with Crippen LogP contribution >= 0.6 is 11.3 Å². The zero-order valence-electron chi connectivity index (χ0n) is 12.5. The first-order valence-corrected chi connectivity index (χ1v) is 7.79. The Bertz CT molecular complexity index is 344. The summed E-state index contributed by atoms with van der Waals surface area (Å²) in [5.74, 6) is 0.732. The number of hydrogen-bond acceptors (Lipinski definition) is 3. The molecule has 0 fully saturated rings. The van der Waals surface area contributed by atoms with Gasteiger partial charge in [-0.2, -0.15) is 0 Å². The molecule has 0 aliphatic rings. The van der Waals surface area contributed by atoms with E-state index in [1.54, 1.807) is 0 Å². The summed E-state index contributed by atoms with van der Waals surface area (Å²) in [6.45, 7) is 12.4. The molecule has 1 aromatic rings. The molecule has 0 spiro atoms. The summed E-state index contributed by atoms with van der Waals surface area (Å²) >= 11 is 1.88. The predicted octanol–water partition coefficient (Wildman–Crippen LogP) is 3.17. The van der Waals surface area contributed by atoms with Crippen molar-refractivity contribution in [1.29, 1.82) is 0 Å². The molecule has 1 heterocycles. The summed E-state index contributed by atoms with van der Waals surface area (Å²) in [5, 5.41) is 9.11. The van der Waals surface area contributed by atoms with Crippen molar-refractivity contribution in [2.45, 2.75) is 39.5 Å². The molecule has 104 valence electrons. The second-order valence-corrected chi connectivity index (χ2v) is 6.70. The lowest BCUT2D eigenvalue weighted by molar-refractivity contribution is 0.404. The van der Waals surface area contributed by atoms with Gasteiger partial charge in [0, 0.05) is 16.8 Å². The molecule has 3 heteroatoms. The van der Waals surface area contributed by atoms with Gasteiger partial charge in [0.05, 0.1) is 0 Å². The van der Waals surface area contributed by atoms with Crippen molar-refractivity contribution >= 4 is 11.3 Å². The van der Waals surface area contributed by atoms with Gasteiger partial charge in [-0.25, -0.2) is 0 Å². The molecule has 0 saturated heterocycles. The van der Waals surface area contributed by atoms with E-state index in [-0.39, 0.29) is 5.41 Å². The second kappa shape index (κ2) is 7.27. The van der Waals surface area contributed by atoms with E-state index in [1.807, 2.05) is 18.4 Å². The van der Waals surface area contributed by atoms with Crippen molar-refractivity contribution in [1.82, 2.24) is 10.6 Å². The summed E-state index contributed by atoms with van der Waals surface area (Å²) in [6.07, 6.45) is 1.23. The Hall–Kier alpha value is -0.380. The summed E-state index contributed by atoms with van der Waals surface area (Å²) in [5.41, 5.74) is 1.66. The molecule has 1 unspecified atom stereocenters. The molecule has 2 nitrogen and oxygen atoms in total. The van der Waals surface area contributed by atoms with Crippen molar-refractivity contribution in [3.05, 3.63) is 21.9 Å². The molecular formula is C15H28N2S. The summed E-state index contributed by atoms with van der Waals surface area (Å²) in [4.78, 5) is 1.51. The van der Waals surface area contributed by atoms with Crippen LogP contribution in [0.1, 0.15) is 37.6 Å². The molecular weight excluding hydrogens is 240 g/mol. The van der Waals surface area contributed by atoms with E-state index in [0.717, 1.165) is 25.6 Å². The highest BCUT2D eigenvalue weighted by Crippen LogP contribution is 2.30. The van der Waals surface area contributed by atoms with Gasteiger partial charge >= 0.3 is 0 Å². The number of aryl methyl sites for hydroxylation is 1. The van der Waals surface area contributed by atoms with Crippen molar-refractivity contribution in [2.24, 2.45) is 5.92 Å². The van der Waals surface area contributed by atoms with Gasteiger partial charge in [0.2, 0.25) is 0 Å². The van der Waals surface area contributed by atoms with Gasteiger partial charge < -0.3 is 10.6 Å². The van der Waals surface area contributed by atoms with E-state index >= 15 is 0 Å². The summed E-state index contributed by atoms with van der Waals surface area (Å²) in [6, 6.07) is 2.22. The zero-order valence-corrected chi connectivity index (χ0v) is 13.3. The molecule has 0 aromatic carbocycles. The third-order valence-electron chi connectivity index (χ3n) is 3.55. The Balaban J connectivity index is 2.45. The summed E-state index contributed by atoms with van der Waals surface area (Å²) in [7, 11) is 2.03. The maximum absolute atomic E-state index is 3.64. The van der Waals surface area contributed by atoms with Gasteiger partial charge in [-0.05, 0) is 50.0 Å². The van der Waals surface area contributed by atoms with Crippen LogP contribution in [0.5, 0.6) is 0 Å². The number of thiophene rings is 1. The predicted molar refractivity (Wildman–Crippen MR) is 82.7 cm³/mol. The fraction of sp³-hybridized carbons (Fsp3) is 0.733. The Morgan fingerprint density at radius 1 is 1.33 bits per heavy atom. The molecule has 2 N–H and O–H groups in total. The molecule has 1 aromatic heterocycles. The van der Waals surface area contributed by atoms with Crippen molar-refractivity contribution in [3.63, 3.8) is 0 Å². The van der Waals surface area contributed by atoms with Crippen molar-refractivity contribution in [3.8, 4) is 0 Å². The maximum atomic E-state index is 3.64. The SMILES string of the molecule is CCC(CNC)CNCC(C)(C)c1sccc1C. The first kappa shape index (κ1) is 15.7. The lowest BCUT2D eigenvalue weighted by atomic mass is 9.89. The number of hydrogen-bond donors (Lipinski definition) is 2. The minimum absolute atomic E-state index is 0.232. The molecule has 0 radical (unpaired) electrons. The van der Waals surface area contributed by atoms with Crippen LogP contribution in [0.25, 0.3) is 0 Å². The summed E-state index contributed by atoms with van der Waals surface area (Å²) < 4.78 is 0. The van der Waals surface area contributed by atoms with E-state index in [9.17, 15) is 0 Å². The van der Waals surface area contributed by atoms with Crippen LogP contribution in [0.2, 0.25) is 0 Å². The third-order valence-corrected chi connectivity index (χ3v) is 4.93. The topological polar surface area (TPSA) is 24.1 Å². The second-order valence-electron chi connectivity index (χ2n) is 5.78. The van der Waals surface area contributed by atoms with E-state index in [4.69, 9.17) is 0 Å². The van der Waals surface area contributed by atoms with Crippen LogP contribution in [0.3, 0.4) is 0 Å². The van der Waals surface area contributed by atoms with Gasteiger partial charge in [-0.1, -0.05) is 27.2 Å². The van der Waals surface area contributed by atoms with Crippen LogP contribution in [0, 0.1) is 12.8 Å². The van der Waals surface area contributed by atoms with Gasteiger partial charge in [-0.15, -0.1) is 11.3 Å². The Kier molecular flexibility index (Phi) is 6.33. The number of rotatable bonds is 8. The fourth-order valence-electron chi connectivity index (χ4n) is 2.38. The van der Waals surface area contributed by atoms with Gasteiger partial charge in [-0.3, -0.25) is 0 Å². The molecule has 0 saturated carbocycles. The molecule has 0 bridgehead atoms. The Labute approximate surface area is 116 Å². The molecule has 0 aliphatic heterocycles. The average Bonchev–Trinajstić information content (AvgIpc) is 2.75. The van der Waals surface area contributed by atoms with Gasteiger partial charge in [0.15, 0.2) is 0 Å². The van der Waals surface area contributed by atoms with E-state index < -0.39 is 0 Å². The fourth-order valence-corrected chi connectivity index (χ4v) is 3.44. The first-order valence-electron chi connectivity index (χ1n) is 6.91. The number of nitrogens with one attached hydrogen (secondary N) is 2. The highest BCUT2D eigenvalue weighted by Gasteiger charge is 2.23. The van der Waals surface area contributed by atoms with Crippen LogP contribution in [-0.4, -0.2) is 26.7 Å². The van der Waals surface area contributed by atoms with Gasteiger partial charge in [0.1, 0.15) is 0 Å². The van der Waals surface area contributed by atoms with Crippen molar-refractivity contribution in [2.75, 3.05) is 26.7 Å². The van der Waals surface area contributed by atoms with Crippen molar-refractivity contribution < 1.29 is 0 Å². The average molecular weight is 268 g/mol. The third kappa shape index (κ3) is 4.38. The standard InChI is InChI=1S/C15H28N2S/c1-6-13(9-16-5)10-17-11-15(3,4)14-12(2)7-8-18-14/h7-8,13,16-17H,6,9-11H2,1-5H3. The quantitative estimate of drug-likeness (QED) is 0.757. The van der Waals surface area contributed by atoms with Crippen LogP contribution in [-0.2, 0) is 5.41 Å². The maximum Gasteiger partial charge on any atom is 0.0143 e. The van der Waals surface area contributed by atoms with Crippen LogP contribution in [0.15, 0.2) is 11.4 Å². The van der Waals surface area contributed by atoms with E-state index in [1.165, 1.54) is 16.9 Å². The minimum Gasteiger partial charge on any atom is -0.319 e. The Morgan fingerprint density at radius 3 is 2.56 bits per heavy atom. The minimum atomic E-state index is 0.232. The Morgan fingerprint density at radius 2 is 2.06 bits per heavy atom. The lowest BCUT2D eigenvalue weighted by Crippen LogP contribution is -2.37. The highest BCUT2D eigenvalue weighted by atomic mass is 32.1. The first-order chi connectivity index (χ1) is 8.51. The zero-order chi connectivity index (χ0) is 13.6. The molecule has 18 heavy (non-hydrogen) atoms. The monoisotopic (exact) mass is 268 g/mol. The smallest absolute Gasteiger partial charge is 0.0143 e. The molecule has 1 atom stereocenters. The molecule has 0 amide bonds. The lowest BCUT2D eigenvalue weighted by Gasteiger charge is -2.26. The van der Waals surface area contributed by atoms with Gasteiger partial charge in [0.25, 0.3) is 0 Å². The van der Waals surface area contributed by atoms with Crippen LogP contribution < -0.4 is 10.6 Å². The van der Waals surface area contributed by atoms with E-state index in [2.05, 4.69) is 49.8 Å². The van der Waals surface area contributed by atoms with Crippen LogP contribution in [0.4, 0.5) is 0 Å². The normalized spacial score (nSPS) is 13.8. The highest BCUT2D eigenvalue weighted by molar-refractivity contribution is 7.10. The van der Waals surface area contributed by atoms with E-state index in [0.29, 0.717) is 0 Å². The molecule has 1 rings (SSSR count).